The predicted molar refractivity (Wildman–Crippen MR) is 141 cm³/mol. The Morgan fingerprint density at radius 3 is 1.82 bits per heavy atom. The van der Waals surface area contributed by atoms with E-state index in [2.05, 4.69) is 10.6 Å². The van der Waals surface area contributed by atoms with E-state index in [0.29, 0.717) is 12.8 Å². The SMILES string of the molecule is COC(=O)[C@H]1C[C@@H]1[C@H](NC(=O)[C@H]1C[C@@H]1[C@H](NC(=O)OCc1ccccc1)c1ccccc1)c1ccccc1. The fraction of sp³-hybridized carbons (Fsp3) is 0.323. The van der Waals surface area contributed by atoms with Crippen LogP contribution in [0.5, 0.6) is 0 Å². The van der Waals surface area contributed by atoms with Gasteiger partial charge in [0.25, 0.3) is 0 Å². The minimum Gasteiger partial charge on any atom is -0.469 e. The van der Waals surface area contributed by atoms with Crippen LogP contribution < -0.4 is 10.6 Å². The molecule has 2 saturated carbocycles. The average molecular weight is 513 g/mol. The lowest BCUT2D eigenvalue weighted by atomic mass is 9.99. The van der Waals surface area contributed by atoms with Gasteiger partial charge in [0.05, 0.1) is 25.1 Å². The van der Waals surface area contributed by atoms with Gasteiger partial charge in [0.2, 0.25) is 5.91 Å². The fourth-order valence-corrected chi connectivity index (χ4v) is 5.24. The van der Waals surface area contributed by atoms with Gasteiger partial charge >= 0.3 is 12.1 Å². The second-order valence-corrected chi connectivity index (χ2v) is 10.0. The third-order valence-corrected chi connectivity index (χ3v) is 7.48. The number of carbonyl (C=O) groups excluding carboxylic acids is 3. The van der Waals surface area contributed by atoms with Gasteiger partial charge in [-0.25, -0.2) is 4.79 Å². The van der Waals surface area contributed by atoms with Crippen molar-refractivity contribution in [3.8, 4) is 0 Å². The third-order valence-electron chi connectivity index (χ3n) is 7.48. The van der Waals surface area contributed by atoms with Crippen molar-refractivity contribution in [2.75, 3.05) is 7.11 Å². The molecule has 7 nitrogen and oxygen atoms in total. The van der Waals surface area contributed by atoms with E-state index in [1.54, 1.807) is 0 Å². The van der Waals surface area contributed by atoms with Gasteiger partial charge in [-0.1, -0.05) is 91.0 Å². The van der Waals surface area contributed by atoms with E-state index >= 15 is 0 Å². The molecule has 7 heteroatoms. The molecule has 0 aliphatic heterocycles. The zero-order valence-corrected chi connectivity index (χ0v) is 21.3. The monoisotopic (exact) mass is 512 g/mol. The number of ether oxygens (including phenoxy) is 2. The summed E-state index contributed by atoms with van der Waals surface area (Å²) in [5.74, 6) is -0.831. The Morgan fingerprint density at radius 1 is 0.737 bits per heavy atom. The van der Waals surface area contributed by atoms with Crippen molar-refractivity contribution in [1.29, 1.82) is 0 Å². The lowest BCUT2D eigenvalue weighted by molar-refractivity contribution is -0.142. The minimum atomic E-state index is -0.519. The molecule has 5 rings (SSSR count). The van der Waals surface area contributed by atoms with Crippen LogP contribution in [0.4, 0.5) is 4.79 Å². The summed E-state index contributed by atoms with van der Waals surface area (Å²) in [5.41, 5.74) is 2.80. The summed E-state index contributed by atoms with van der Waals surface area (Å²) in [7, 11) is 1.39. The number of methoxy groups -OCH3 is 1. The Kier molecular flexibility index (Phi) is 7.73. The molecule has 38 heavy (non-hydrogen) atoms. The number of hydrogen-bond donors (Lipinski definition) is 2. The van der Waals surface area contributed by atoms with E-state index in [1.807, 2.05) is 91.0 Å². The highest BCUT2D eigenvalue weighted by atomic mass is 16.5. The van der Waals surface area contributed by atoms with Gasteiger partial charge in [-0.15, -0.1) is 0 Å². The van der Waals surface area contributed by atoms with Gasteiger partial charge in [0.15, 0.2) is 0 Å². The first kappa shape index (κ1) is 25.5. The molecule has 6 atom stereocenters. The molecule has 2 aliphatic rings. The highest BCUT2D eigenvalue weighted by Gasteiger charge is 2.53. The van der Waals surface area contributed by atoms with Gasteiger partial charge in [0.1, 0.15) is 6.61 Å². The van der Waals surface area contributed by atoms with Crippen molar-refractivity contribution >= 4 is 18.0 Å². The number of rotatable bonds is 10. The van der Waals surface area contributed by atoms with E-state index in [4.69, 9.17) is 9.47 Å². The molecule has 0 saturated heterocycles. The van der Waals surface area contributed by atoms with Crippen molar-refractivity contribution in [3.05, 3.63) is 108 Å². The quantitative estimate of drug-likeness (QED) is 0.375. The van der Waals surface area contributed by atoms with Gasteiger partial charge in [-0.3, -0.25) is 9.59 Å². The van der Waals surface area contributed by atoms with Crippen LogP contribution in [-0.2, 0) is 25.7 Å². The van der Waals surface area contributed by atoms with E-state index in [0.717, 1.165) is 16.7 Å². The van der Waals surface area contributed by atoms with Crippen LogP contribution in [-0.4, -0.2) is 25.1 Å². The molecule has 3 aromatic carbocycles. The van der Waals surface area contributed by atoms with Crippen LogP contribution in [0.3, 0.4) is 0 Å². The lowest BCUT2D eigenvalue weighted by Crippen LogP contribution is -2.35. The molecule has 3 aromatic rings. The maximum atomic E-state index is 13.4. The highest BCUT2D eigenvalue weighted by molar-refractivity contribution is 5.83. The van der Waals surface area contributed by atoms with E-state index in [9.17, 15) is 14.4 Å². The summed E-state index contributed by atoms with van der Waals surface area (Å²) in [6, 6.07) is 28.3. The minimum absolute atomic E-state index is 0.00186. The molecule has 0 heterocycles. The maximum Gasteiger partial charge on any atom is 0.407 e. The Balaban J connectivity index is 1.25. The number of amides is 2. The second kappa shape index (κ2) is 11.5. The normalized spacial score (nSPS) is 22.9. The topological polar surface area (TPSA) is 93.7 Å². The van der Waals surface area contributed by atoms with E-state index in [1.165, 1.54) is 7.11 Å². The molecule has 0 radical (unpaired) electrons. The molecule has 0 unspecified atom stereocenters. The molecular formula is C31H32N2O5. The van der Waals surface area contributed by atoms with Crippen LogP contribution in [0.2, 0.25) is 0 Å². The van der Waals surface area contributed by atoms with Crippen LogP contribution in [0.1, 0.15) is 41.6 Å². The van der Waals surface area contributed by atoms with Crippen LogP contribution in [0, 0.1) is 23.7 Å². The molecule has 2 fully saturated rings. The zero-order valence-electron chi connectivity index (χ0n) is 21.3. The van der Waals surface area contributed by atoms with Crippen LogP contribution in [0.15, 0.2) is 91.0 Å². The van der Waals surface area contributed by atoms with Crippen molar-refractivity contribution in [2.45, 2.75) is 31.5 Å². The molecule has 196 valence electrons. The summed E-state index contributed by atoms with van der Waals surface area (Å²) in [5, 5.41) is 6.21. The number of nitrogens with one attached hydrogen (secondary N) is 2. The first-order chi connectivity index (χ1) is 18.5. The molecule has 0 spiro atoms. The maximum absolute atomic E-state index is 13.4. The first-order valence-electron chi connectivity index (χ1n) is 13.0. The third kappa shape index (κ3) is 6.05. The van der Waals surface area contributed by atoms with Gasteiger partial charge < -0.3 is 20.1 Å². The van der Waals surface area contributed by atoms with Crippen molar-refractivity contribution in [1.82, 2.24) is 10.6 Å². The van der Waals surface area contributed by atoms with Crippen molar-refractivity contribution in [3.63, 3.8) is 0 Å². The fourth-order valence-electron chi connectivity index (χ4n) is 5.24. The number of hydrogen-bond acceptors (Lipinski definition) is 5. The number of alkyl carbamates (subject to hydrolysis) is 1. The number of benzene rings is 3. The van der Waals surface area contributed by atoms with Crippen LogP contribution in [0.25, 0.3) is 0 Å². The zero-order chi connectivity index (χ0) is 26.5. The number of esters is 1. The van der Waals surface area contributed by atoms with Crippen molar-refractivity contribution in [2.24, 2.45) is 23.7 Å². The summed E-state index contributed by atoms with van der Waals surface area (Å²) >= 11 is 0. The second-order valence-electron chi connectivity index (χ2n) is 10.0. The molecule has 2 N–H and O–H groups in total. The first-order valence-corrected chi connectivity index (χ1v) is 13.0. The van der Waals surface area contributed by atoms with E-state index in [-0.39, 0.29) is 54.2 Å². The predicted octanol–water partition coefficient (Wildman–Crippen LogP) is 4.96. The van der Waals surface area contributed by atoms with E-state index < -0.39 is 6.09 Å². The largest absolute Gasteiger partial charge is 0.469 e. The Labute approximate surface area is 222 Å². The molecular weight excluding hydrogens is 480 g/mol. The average Bonchev–Trinajstić information content (AvgIpc) is 3.90. The molecule has 0 bridgehead atoms. The Morgan fingerprint density at radius 2 is 1.24 bits per heavy atom. The van der Waals surface area contributed by atoms with Gasteiger partial charge in [-0.2, -0.15) is 0 Å². The smallest absolute Gasteiger partial charge is 0.407 e. The van der Waals surface area contributed by atoms with Gasteiger partial charge in [0, 0.05) is 5.92 Å². The summed E-state index contributed by atoms with van der Waals surface area (Å²) < 4.78 is 10.4. The highest BCUT2D eigenvalue weighted by Crippen LogP contribution is 2.51. The number of carbonyl (C=O) groups is 3. The van der Waals surface area contributed by atoms with Gasteiger partial charge in [-0.05, 0) is 41.4 Å². The van der Waals surface area contributed by atoms with Crippen molar-refractivity contribution < 1.29 is 23.9 Å². The molecule has 2 aliphatic carbocycles. The summed E-state index contributed by atoms with van der Waals surface area (Å²) in [6.45, 7) is 0.171. The summed E-state index contributed by atoms with van der Waals surface area (Å²) in [6.07, 6.45) is 0.814. The molecule has 2 amide bonds. The summed E-state index contributed by atoms with van der Waals surface area (Å²) in [4.78, 5) is 38.3. The Bertz CT molecular complexity index is 1250. The Hall–Kier alpha value is -4.13. The standard InChI is InChI=1S/C31H32N2O5/c1-37-30(35)26-18-24(26)27(21-13-7-3-8-14-21)32-29(34)25-17-23(25)28(22-15-9-4-10-16-22)33-31(36)38-19-20-11-5-2-6-12-20/h2-16,23-28H,17-19H2,1H3,(H,32,34)(H,33,36)/t23-,24-,25-,26-,27+,28+/m0/s1. The molecule has 0 aromatic heterocycles. The lowest BCUT2D eigenvalue weighted by Gasteiger charge is -2.22. The van der Waals surface area contributed by atoms with Crippen LogP contribution >= 0.6 is 0 Å².